The van der Waals surface area contributed by atoms with E-state index in [4.69, 9.17) is 16.6 Å². The summed E-state index contributed by atoms with van der Waals surface area (Å²) >= 11 is 6.68. The molecule has 1 aliphatic heterocycles. The van der Waals surface area contributed by atoms with Crippen molar-refractivity contribution in [2.45, 2.75) is 57.8 Å². The first kappa shape index (κ1) is 17.2. The predicted molar refractivity (Wildman–Crippen MR) is 107 cm³/mol. The summed E-state index contributed by atoms with van der Waals surface area (Å²) in [6.45, 7) is 6.46. The molecule has 2 unspecified atom stereocenters. The third-order valence-corrected chi connectivity index (χ3v) is 6.84. The molecule has 2 aliphatic carbocycles. The lowest BCUT2D eigenvalue weighted by Gasteiger charge is -2.46. The molecule has 1 aromatic heterocycles. The highest BCUT2D eigenvalue weighted by Gasteiger charge is 2.55. The minimum absolute atomic E-state index is 0.0685. The number of hydrogen-bond donors (Lipinski definition) is 1. The lowest BCUT2D eigenvalue weighted by atomic mass is 9.56. The Bertz CT molecular complexity index is 985. The Kier molecular flexibility index (Phi) is 3.52. The third kappa shape index (κ3) is 2.46. The summed E-state index contributed by atoms with van der Waals surface area (Å²) in [7, 11) is 0. The minimum atomic E-state index is -0.538. The summed E-state index contributed by atoms with van der Waals surface area (Å²) in [5.41, 5.74) is 3.58. The lowest BCUT2D eigenvalue weighted by Crippen LogP contribution is -2.50. The maximum absolute atomic E-state index is 13.4. The first-order valence-electron chi connectivity index (χ1n) is 9.75. The Hall–Kier alpha value is -1.94. The quantitative estimate of drug-likeness (QED) is 0.763. The molecule has 2 heterocycles. The van der Waals surface area contributed by atoms with Crippen LogP contribution in [0.1, 0.15) is 69.2 Å². The van der Waals surface area contributed by atoms with Crippen LogP contribution in [0.25, 0.3) is 0 Å². The largest absolute Gasteiger partial charge is 0.299 e. The number of aromatic amines is 1. The zero-order chi connectivity index (χ0) is 19.0. The number of Topliss-reactive ketones (excluding diaryl/α,β-unsaturated/α-hetero) is 1. The number of ketones is 1. The van der Waals surface area contributed by atoms with Crippen molar-refractivity contribution in [2.24, 2.45) is 16.3 Å². The highest BCUT2D eigenvalue weighted by molar-refractivity contribution is 6.31. The van der Waals surface area contributed by atoms with Crippen LogP contribution in [0.15, 0.2) is 29.3 Å². The molecule has 1 aromatic carbocycles. The molecule has 0 radical (unpaired) electrons. The SMILES string of the molecule is CC1(C)CC(=O)C2C(=Nc3n[nH]c(C4CC4)c3C2(C)c2ccccc2Cl)C1. The normalized spacial score (nSPS) is 29.1. The van der Waals surface area contributed by atoms with Crippen molar-refractivity contribution < 1.29 is 4.79 Å². The molecular formula is C22H24ClN3O. The molecule has 0 amide bonds. The van der Waals surface area contributed by atoms with Crippen molar-refractivity contribution in [2.75, 3.05) is 0 Å². The molecule has 2 aromatic rings. The highest BCUT2D eigenvalue weighted by atomic mass is 35.5. The van der Waals surface area contributed by atoms with Gasteiger partial charge in [0.25, 0.3) is 0 Å². The number of benzene rings is 1. The number of aromatic nitrogens is 2. The van der Waals surface area contributed by atoms with Crippen molar-refractivity contribution in [1.29, 1.82) is 0 Å². The molecule has 2 atom stereocenters. The van der Waals surface area contributed by atoms with E-state index in [0.29, 0.717) is 17.4 Å². The molecular weight excluding hydrogens is 358 g/mol. The molecule has 0 spiro atoms. The molecule has 27 heavy (non-hydrogen) atoms. The van der Waals surface area contributed by atoms with Gasteiger partial charge in [0, 0.05) is 39.7 Å². The Morgan fingerprint density at radius 1 is 1.15 bits per heavy atom. The third-order valence-electron chi connectivity index (χ3n) is 6.51. The van der Waals surface area contributed by atoms with Crippen LogP contribution in [-0.4, -0.2) is 21.7 Å². The predicted octanol–water partition coefficient (Wildman–Crippen LogP) is 5.34. The van der Waals surface area contributed by atoms with Crippen LogP contribution in [-0.2, 0) is 10.2 Å². The van der Waals surface area contributed by atoms with Gasteiger partial charge in [0.15, 0.2) is 5.82 Å². The molecule has 3 aliphatic rings. The van der Waals surface area contributed by atoms with Crippen LogP contribution in [0.5, 0.6) is 0 Å². The second kappa shape index (κ2) is 5.54. The Balaban J connectivity index is 1.80. The molecule has 5 rings (SSSR count). The fourth-order valence-electron chi connectivity index (χ4n) is 5.23. The summed E-state index contributed by atoms with van der Waals surface area (Å²) in [4.78, 5) is 18.3. The molecule has 0 saturated heterocycles. The molecule has 2 fully saturated rings. The van der Waals surface area contributed by atoms with E-state index in [0.717, 1.165) is 47.6 Å². The first-order chi connectivity index (χ1) is 12.8. The summed E-state index contributed by atoms with van der Waals surface area (Å²) in [5.74, 6) is 1.24. The second-order valence-corrected chi connectivity index (χ2v) is 9.72. The molecule has 140 valence electrons. The van der Waals surface area contributed by atoms with E-state index in [1.165, 1.54) is 0 Å². The summed E-state index contributed by atoms with van der Waals surface area (Å²) in [5, 5.41) is 8.52. The lowest BCUT2D eigenvalue weighted by molar-refractivity contribution is -0.125. The number of nitrogens with one attached hydrogen (secondary N) is 1. The maximum Gasteiger partial charge on any atom is 0.177 e. The van der Waals surface area contributed by atoms with E-state index in [1.807, 2.05) is 18.2 Å². The molecule has 2 saturated carbocycles. The van der Waals surface area contributed by atoms with Crippen molar-refractivity contribution in [1.82, 2.24) is 10.2 Å². The average molecular weight is 382 g/mol. The van der Waals surface area contributed by atoms with Crippen LogP contribution >= 0.6 is 11.6 Å². The molecule has 1 N–H and O–H groups in total. The van der Waals surface area contributed by atoms with Crippen LogP contribution in [0.3, 0.4) is 0 Å². The number of carbonyl (C=O) groups is 1. The van der Waals surface area contributed by atoms with Crippen LogP contribution in [0.4, 0.5) is 5.82 Å². The molecule has 0 bridgehead atoms. The van der Waals surface area contributed by atoms with Gasteiger partial charge in [0.1, 0.15) is 5.78 Å². The van der Waals surface area contributed by atoms with Crippen LogP contribution in [0.2, 0.25) is 5.02 Å². The Morgan fingerprint density at radius 3 is 2.59 bits per heavy atom. The van der Waals surface area contributed by atoms with Crippen LogP contribution < -0.4 is 0 Å². The Labute approximate surface area is 164 Å². The minimum Gasteiger partial charge on any atom is -0.299 e. The average Bonchev–Trinajstić information content (AvgIpc) is 3.33. The number of halogens is 1. The van der Waals surface area contributed by atoms with Crippen molar-refractivity contribution in [3.63, 3.8) is 0 Å². The molecule has 4 nitrogen and oxygen atoms in total. The van der Waals surface area contributed by atoms with Crippen molar-refractivity contribution in [3.05, 3.63) is 46.1 Å². The number of fused-ring (bicyclic) bond motifs is 2. The van der Waals surface area contributed by atoms with E-state index in [1.54, 1.807) is 0 Å². The summed E-state index contributed by atoms with van der Waals surface area (Å²) < 4.78 is 0. The number of rotatable bonds is 2. The van der Waals surface area contributed by atoms with E-state index >= 15 is 0 Å². The standard InChI is InChI=1S/C22H24ClN3O/c1-21(2)10-15-17(16(27)11-21)22(3,13-6-4-5-7-14(13)23)18-19(12-8-9-12)25-26-20(18)24-15/h4-7,12,17H,8-11H2,1-3H3,(H,25,26). The van der Waals surface area contributed by atoms with E-state index in [2.05, 4.69) is 37.0 Å². The topological polar surface area (TPSA) is 58.1 Å². The summed E-state index contributed by atoms with van der Waals surface area (Å²) in [6.07, 6.45) is 3.71. The van der Waals surface area contributed by atoms with Crippen LogP contribution in [0, 0.1) is 11.3 Å². The van der Waals surface area contributed by atoms with Gasteiger partial charge >= 0.3 is 0 Å². The van der Waals surface area contributed by atoms with Gasteiger partial charge in [0.05, 0.1) is 5.92 Å². The summed E-state index contributed by atoms with van der Waals surface area (Å²) in [6, 6.07) is 7.93. The smallest absolute Gasteiger partial charge is 0.177 e. The second-order valence-electron chi connectivity index (χ2n) is 9.31. The van der Waals surface area contributed by atoms with Gasteiger partial charge in [-0.2, -0.15) is 5.10 Å². The van der Waals surface area contributed by atoms with Gasteiger partial charge in [-0.1, -0.05) is 50.6 Å². The van der Waals surface area contributed by atoms with Gasteiger partial charge in [-0.05, 0) is 36.3 Å². The highest BCUT2D eigenvalue weighted by Crippen LogP contribution is 2.56. The van der Waals surface area contributed by atoms with Crippen molar-refractivity contribution >= 4 is 28.9 Å². The number of H-pyrrole nitrogens is 1. The van der Waals surface area contributed by atoms with Gasteiger partial charge in [-0.25, -0.2) is 4.99 Å². The molecule has 5 heteroatoms. The zero-order valence-electron chi connectivity index (χ0n) is 16.0. The zero-order valence-corrected chi connectivity index (χ0v) is 16.7. The fourth-order valence-corrected chi connectivity index (χ4v) is 5.56. The number of aliphatic imine (C=N–C) groups is 1. The van der Waals surface area contributed by atoms with E-state index in [9.17, 15) is 4.79 Å². The van der Waals surface area contributed by atoms with E-state index < -0.39 is 5.41 Å². The van der Waals surface area contributed by atoms with Gasteiger partial charge in [-0.3, -0.25) is 9.89 Å². The Morgan fingerprint density at radius 2 is 1.89 bits per heavy atom. The van der Waals surface area contributed by atoms with Gasteiger partial charge in [-0.15, -0.1) is 0 Å². The fraction of sp³-hybridized carbons (Fsp3) is 0.500. The van der Waals surface area contributed by atoms with E-state index in [-0.39, 0.29) is 17.1 Å². The maximum atomic E-state index is 13.4. The monoisotopic (exact) mass is 381 g/mol. The number of nitrogens with zero attached hydrogens (tertiary/aromatic N) is 2. The first-order valence-corrected chi connectivity index (χ1v) is 10.1. The van der Waals surface area contributed by atoms with Gasteiger partial charge in [0.2, 0.25) is 0 Å². The number of hydrogen-bond acceptors (Lipinski definition) is 3. The van der Waals surface area contributed by atoms with Crippen molar-refractivity contribution in [3.8, 4) is 0 Å². The number of carbonyl (C=O) groups excluding carboxylic acids is 1. The van der Waals surface area contributed by atoms with Gasteiger partial charge < -0.3 is 0 Å².